The number of hydrogen-bond donors (Lipinski definition) is 2. The molecule has 0 aliphatic carbocycles. The molecule has 4 aromatic rings. The van der Waals surface area contributed by atoms with Crippen molar-refractivity contribution in [1.82, 2.24) is 0 Å². The zero-order valence-corrected chi connectivity index (χ0v) is 24.5. The highest BCUT2D eigenvalue weighted by Crippen LogP contribution is 2.29. The Kier molecular flexibility index (Phi) is 9.02. The summed E-state index contributed by atoms with van der Waals surface area (Å²) in [5.74, 6) is -0.478. The Labute approximate surface area is 243 Å². The van der Waals surface area contributed by atoms with Crippen molar-refractivity contribution in [3.8, 4) is 11.5 Å². The fourth-order valence-electron chi connectivity index (χ4n) is 3.95. The van der Waals surface area contributed by atoms with Gasteiger partial charge in [0.1, 0.15) is 23.9 Å². The van der Waals surface area contributed by atoms with Crippen LogP contribution in [0, 0.1) is 12.7 Å². The Morgan fingerprint density at radius 3 is 2.02 bits per heavy atom. The first-order valence-corrected chi connectivity index (χ1v) is 15.3. The van der Waals surface area contributed by atoms with E-state index in [0.29, 0.717) is 11.5 Å². The van der Waals surface area contributed by atoms with E-state index in [0.717, 1.165) is 34.1 Å². The van der Waals surface area contributed by atoms with Crippen LogP contribution in [0.5, 0.6) is 11.5 Å². The Balaban J connectivity index is 1.54. The predicted octanol–water partition coefficient (Wildman–Crippen LogP) is 4.79. The summed E-state index contributed by atoms with van der Waals surface area (Å²) in [6, 6.07) is 20.7. The molecular formula is C29H28FN3O7S2. The summed E-state index contributed by atoms with van der Waals surface area (Å²) in [6.07, 6.45) is 0. The summed E-state index contributed by atoms with van der Waals surface area (Å²) in [6.45, 7) is 1.19. The number of amides is 1. The predicted molar refractivity (Wildman–Crippen MR) is 158 cm³/mol. The summed E-state index contributed by atoms with van der Waals surface area (Å²) in [5.41, 5.74) is 1.52. The van der Waals surface area contributed by atoms with E-state index >= 15 is 0 Å². The van der Waals surface area contributed by atoms with E-state index in [1.807, 2.05) is 6.92 Å². The monoisotopic (exact) mass is 613 g/mol. The van der Waals surface area contributed by atoms with Crippen molar-refractivity contribution < 1.29 is 35.5 Å². The van der Waals surface area contributed by atoms with Gasteiger partial charge in [0.2, 0.25) is 5.91 Å². The van der Waals surface area contributed by atoms with Crippen molar-refractivity contribution in [3.05, 3.63) is 102 Å². The second-order valence-electron chi connectivity index (χ2n) is 9.05. The number of anilines is 3. The maximum atomic E-state index is 13.5. The number of nitrogens with one attached hydrogen (secondary N) is 2. The van der Waals surface area contributed by atoms with Gasteiger partial charge in [0, 0.05) is 5.69 Å². The van der Waals surface area contributed by atoms with Crippen molar-refractivity contribution in [2.45, 2.75) is 16.7 Å². The molecule has 0 unspecified atom stereocenters. The van der Waals surface area contributed by atoms with Crippen LogP contribution in [-0.4, -0.2) is 43.5 Å². The van der Waals surface area contributed by atoms with E-state index in [4.69, 9.17) is 9.47 Å². The van der Waals surface area contributed by atoms with E-state index in [9.17, 15) is 26.0 Å². The van der Waals surface area contributed by atoms with Gasteiger partial charge in [-0.1, -0.05) is 6.07 Å². The van der Waals surface area contributed by atoms with Crippen molar-refractivity contribution in [3.63, 3.8) is 0 Å². The Bertz CT molecular complexity index is 1780. The lowest BCUT2D eigenvalue weighted by Gasteiger charge is -2.24. The van der Waals surface area contributed by atoms with Gasteiger partial charge in [0.25, 0.3) is 20.0 Å². The molecule has 0 atom stereocenters. The number of benzene rings is 4. The molecule has 1 amide bonds. The smallest absolute Gasteiger partial charge is 0.264 e. The second-order valence-corrected chi connectivity index (χ2v) is 12.6. The lowest BCUT2D eigenvalue weighted by atomic mass is 10.2. The molecule has 0 spiro atoms. The number of ether oxygens (including phenoxy) is 2. The minimum atomic E-state index is -4.28. The molecule has 10 nitrogen and oxygen atoms in total. The van der Waals surface area contributed by atoms with Gasteiger partial charge < -0.3 is 14.8 Å². The third kappa shape index (κ3) is 6.98. The summed E-state index contributed by atoms with van der Waals surface area (Å²) in [4.78, 5) is 12.8. The normalized spacial score (nSPS) is 11.4. The number of halogens is 1. The molecule has 0 aliphatic rings. The van der Waals surface area contributed by atoms with Gasteiger partial charge in [-0.15, -0.1) is 0 Å². The average molecular weight is 614 g/mol. The fourth-order valence-corrected chi connectivity index (χ4v) is 6.43. The molecule has 0 heterocycles. The van der Waals surface area contributed by atoms with Gasteiger partial charge in [0.05, 0.1) is 35.4 Å². The van der Waals surface area contributed by atoms with Gasteiger partial charge >= 0.3 is 0 Å². The molecule has 0 saturated carbocycles. The van der Waals surface area contributed by atoms with E-state index in [1.165, 1.54) is 50.6 Å². The zero-order valence-electron chi connectivity index (χ0n) is 22.9. The lowest BCUT2D eigenvalue weighted by Crippen LogP contribution is -2.38. The molecule has 42 heavy (non-hydrogen) atoms. The summed E-state index contributed by atoms with van der Waals surface area (Å²) in [7, 11) is -5.37. The number of nitrogens with zero attached hydrogens (tertiary/aromatic N) is 1. The Hall–Kier alpha value is -4.62. The third-order valence-electron chi connectivity index (χ3n) is 6.10. The quantitative estimate of drug-likeness (QED) is 0.249. The third-order valence-corrected chi connectivity index (χ3v) is 9.27. The maximum Gasteiger partial charge on any atom is 0.264 e. The van der Waals surface area contributed by atoms with E-state index in [2.05, 4.69) is 10.0 Å². The van der Waals surface area contributed by atoms with E-state index in [1.54, 1.807) is 30.3 Å². The van der Waals surface area contributed by atoms with Crippen LogP contribution < -0.4 is 23.8 Å². The van der Waals surface area contributed by atoms with Crippen LogP contribution in [0.25, 0.3) is 0 Å². The molecule has 0 bridgehead atoms. The molecule has 0 radical (unpaired) electrons. The highest BCUT2D eigenvalue weighted by molar-refractivity contribution is 7.93. The summed E-state index contributed by atoms with van der Waals surface area (Å²) in [5, 5.41) is 2.59. The molecule has 4 aromatic carbocycles. The fraction of sp³-hybridized carbons (Fsp3) is 0.138. The Morgan fingerprint density at radius 1 is 0.810 bits per heavy atom. The van der Waals surface area contributed by atoms with E-state index in [-0.39, 0.29) is 26.9 Å². The van der Waals surface area contributed by atoms with Crippen LogP contribution >= 0.6 is 0 Å². The highest BCUT2D eigenvalue weighted by atomic mass is 32.2. The molecule has 13 heteroatoms. The standard InChI is InChI=1S/C29H28FN3O7S2/c1-20-4-17-28(40-3)27(18-20)32-41(35,36)25-15-7-22(8-16-25)31-29(34)19-33(23-9-11-24(39-2)12-10-23)42(37,38)26-13-5-21(30)6-14-26/h4-18,32H,19H2,1-3H3,(H,31,34). The van der Waals surface area contributed by atoms with E-state index < -0.39 is 38.3 Å². The van der Waals surface area contributed by atoms with Gasteiger partial charge in [-0.2, -0.15) is 0 Å². The topological polar surface area (TPSA) is 131 Å². The van der Waals surface area contributed by atoms with Crippen LogP contribution in [0.2, 0.25) is 0 Å². The highest BCUT2D eigenvalue weighted by Gasteiger charge is 2.27. The second kappa shape index (κ2) is 12.5. The molecule has 220 valence electrons. The van der Waals surface area contributed by atoms with Crippen LogP contribution in [0.15, 0.2) is 101 Å². The van der Waals surface area contributed by atoms with Gasteiger partial charge in [-0.3, -0.25) is 13.8 Å². The first-order chi connectivity index (χ1) is 19.9. The molecule has 0 aromatic heterocycles. The molecule has 2 N–H and O–H groups in total. The number of rotatable bonds is 11. The number of carbonyl (C=O) groups is 1. The minimum absolute atomic E-state index is 0.0668. The first-order valence-electron chi connectivity index (χ1n) is 12.4. The Morgan fingerprint density at radius 2 is 1.43 bits per heavy atom. The molecule has 4 rings (SSSR count). The van der Waals surface area contributed by atoms with Crippen molar-refractivity contribution in [1.29, 1.82) is 0 Å². The van der Waals surface area contributed by atoms with Crippen molar-refractivity contribution in [2.75, 3.05) is 35.1 Å². The van der Waals surface area contributed by atoms with Crippen LogP contribution in [0.1, 0.15) is 5.56 Å². The van der Waals surface area contributed by atoms with Gasteiger partial charge in [-0.25, -0.2) is 21.2 Å². The molecule has 0 fully saturated rings. The van der Waals surface area contributed by atoms with Crippen LogP contribution in [0.4, 0.5) is 21.5 Å². The molecular weight excluding hydrogens is 585 g/mol. The first kappa shape index (κ1) is 30.3. The lowest BCUT2D eigenvalue weighted by molar-refractivity contribution is -0.114. The van der Waals surface area contributed by atoms with Crippen molar-refractivity contribution in [2.24, 2.45) is 0 Å². The van der Waals surface area contributed by atoms with Crippen LogP contribution in [-0.2, 0) is 24.8 Å². The largest absolute Gasteiger partial charge is 0.497 e. The minimum Gasteiger partial charge on any atom is -0.497 e. The summed E-state index contributed by atoms with van der Waals surface area (Å²) < 4.78 is 80.1. The van der Waals surface area contributed by atoms with Crippen molar-refractivity contribution >= 4 is 43.0 Å². The maximum absolute atomic E-state index is 13.5. The van der Waals surface area contributed by atoms with Crippen LogP contribution in [0.3, 0.4) is 0 Å². The average Bonchev–Trinajstić information content (AvgIpc) is 2.96. The number of aryl methyl sites for hydroxylation is 1. The zero-order chi connectivity index (χ0) is 30.5. The number of methoxy groups -OCH3 is 2. The SMILES string of the molecule is COc1ccc(N(CC(=O)Nc2ccc(S(=O)(=O)Nc3cc(C)ccc3OC)cc2)S(=O)(=O)c2ccc(F)cc2)cc1. The number of carbonyl (C=O) groups excluding carboxylic acids is 1. The molecule has 0 saturated heterocycles. The summed E-state index contributed by atoms with van der Waals surface area (Å²) >= 11 is 0. The number of hydrogen-bond acceptors (Lipinski definition) is 7. The number of sulfonamides is 2. The van der Waals surface area contributed by atoms with Gasteiger partial charge in [0.15, 0.2) is 0 Å². The molecule has 0 aliphatic heterocycles. The van der Waals surface area contributed by atoms with Gasteiger partial charge in [-0.05, 0) is 97.4 Å².